The molecule has 0 bridgehead atoms. The zero-order chi connectivity index (χ0) is 17.0. The largest absolute Gasteiger partial charge is 0.394 e. The fourth-order valence-electron chi connectivity index (χ4n) is 1.50. The summed E-state index contributed by atoms with van der Waals surface area (Å²) >= 11 is 0. The van der Waals surface area contributed by atoms with Crippen LogP contribution in [0.4, 0.5) is 0 Å². The first kappa shape index (κ1) is 22.7. The first-order valence-corrected chi connectivity index (χ1v) is 8.03. The molecule has 23 heavy (non-hydrogen) atoms. The molecule has 0 saturated heterocycles. The Morgan fingerprint density at radius 2 is 0.957 bits per heavy atom. The van der Waals surface area contributed by atoms with Crippen LogP contribution < -0.4 is 0 Å². The minimum Gasteiger partial charge on any atom is -0.394 e. The van der Waals surface area contributed by atoms with Gasteiger partial charge in [-0.3, -0.25) is 0 Å². The van der Waals surface area contributed by atoms with E-state index >= 15 is 0 Å². The Balaban J connectivity index is 3.11. The number of rotatable bonds is 19. The SMILES string of the molecule is CC(COCCOCCOCCO)OCCOCCOCCO. The molecule has 8 heteroatoms. The fourth-order valence-corrected chi connectivity index (χ4v) is 1.50. The number of ether oxygens (including phenoxy) is 6. The minimum absolute atomic E-state index is 0.00266. The molecule has 0 fully saturated rings. The number of aliphatic hydroxyl groups is 2. The molecule has 0 aromatic carbocycles. The van der Waals surface area contributed by atoms with Crippen molar-refractivity contribution < 1.29 is 38.6 Å². The van der Waals surface area contributed by atoms with Crippen molar-refractivity contribution in [2.24, 2.45) is 0 Å². The highest BCUT2D eigenvalue weighted by Gasteiger charge is 2.02. The topological polar surface area (TPSA) is 95.8 Å². The van der Waals surface area contributed by atoms with Gasteiger partial charge in [0.05, 0.1) is 92.0 Å². The first-order chi connectivity index (χ1) is 11.3. The van der Waals surface area contributed by atoms with Crippen molar-refractivity contribution in [3.63, 3.8) is 0 Å². The average molecular weight is 340 g/mol. The zero-order valence-corrected chi connectivity index (χ0v) is 14.1. The molecule has 0 rings (SSSR count). The molecule has 0 heterocycles. The molecule has 0 amide bonds. The van der Waals surface area contributed by atoms with Gasteiger partial charge in [-0.1, -0.05) is 0 Å². The van der Waals surface area contributed by atoms with E-state index in [0.717, 1.165) is 0 Å². The van der Waals surface area contributed by atoms with E-state index in [4.69, 9.17) is 38.6 Å². The summed E-state index contributed by atoms with van der Waals surface area (Å²) < 4.78 is 31.7. The Kier molecular flexibility index (Phi) is 19.5. The van der Waals surface area contributed by atoms with E-state index in [0.29, 0.717) is 72.7 Å². The smallest absolute Gasteiger partial charge is 0.0781 e. The Hall–Kier alpha value is -0.320. The quantitative estimate of drug-likeness (QED) is 0.303. The molecule has 140 valence electrons. The summed E-state index contributed by atoms with van der Waals surface area (Å²) in [6.07, 6.45) is -0.00266. The molecule has 1 atom stereocenters. The molecule has 0 radical (unpaired) electrons. The van der Waals surface area contributed by atoms with Gasteiger partial charge in [-0.2, -0.15) is 0 Å². The van der Waals surface area contributed by atoms with Crippen LogP contribution in [0.3, 0.4) is 0 Å². The third kappa shape index (κ3) is 19.6. The van der Waals surface area contributed by atoms with Gasteiger partial charge in [-0.05, 0) is 6.92 Å². The van der Waals surface area contributed by atoms with Crippen molar-refractivity contribution in [1.29, 1.82) is 0 Å². The lowest BCUT2D eigenvalue weighted by atomic mass is 10.4. The summed E-state index contributed by atoms with van der Waals surface area (Å²) in [6, 6.07) is 0. The van der Waals surface area contributed by atoms with E-state index in [1.54, 1.807) is 0 Å². The number of aliphatic hydroxyl groups excluding tert-OH is 2. The summed E-state index contributed by atoms with van der Waals surface area (Å²) in [4.78, 5) is 0. The van der Waals surface area contributed by atoms with Crippen LogP contribution in [-0.4, -0.2) is 102 Å². The highest BCUT2D eigenvalue weighted by atomic mass is 16.6. The summed E-state index contributed by atoms with van der Waals surface area (Å²) in [5.41, 5.74) is 0. The van der Waals surface area contributed by atoms with E-state index in [1.165, 1.54) is 0 Å². The van der Waals surface area contributed by atoms with Crippen LogP contribution in [0.1, 0.15) is 6.92 Å². The summed E-state index contributed by atoms with van der Waals surface area (Å²) in [7, 11) is 0. The van der Waals surface area contributed by atoms with Gasteiger partial charge in [0.25, 0.3) is 0 Å². The Morgan fingerprint density at radius 1 is 0.565 bits per heavy atom. The van der Waals surface area contributed by atoms with Crippen molar-refractivity contribution in [3.8, 4) is 0 Å². The third-order valence-corrected chi connectivity index (χ3v) is 2.57. The zero-order valence-electron chi connectivity index (χ0n) is 14.1. The Labute approximate surface area is 138 Å². The lowest BCUT2D eigenvalue weighted by molar-refractivity contribution is -0.0483. The van der Waals surface area contributed by atoms with Gasteiger partial charge in [-0.25, -0.2) is 0 Å². The molecule has 1 unspecified atom stereocenters. The van der Waals surface area contributed by atoms with Crippen LogP contribution in [-0.2, 0) is 28.4 Å². The minimum atomic E-state index is -0.00266. The van der Waals surface area contributed by atoms with Crippen LogP contribution >= 0.6 is 0 Å². The molecule has 0 aliphatic carbocycles. The third-order valence-electron chi connectivity index (χ3n) is 2.57. The lowest BCUT2D eigenvalue weighted by Crippen LogP contribution is -2.21. The molecule has 0 aromatic heterocycles. The molecule has 8 nitrogen and oxygen atoms in total. The second-order valence-corrected chi connectivity index (χ2v) is 4.65. The standard InChI is InChI=1S/C15H32O8/c1-15(23-13-12-21-9-7-19-5-3-17)14-22-11-10-20-8-6-18-4-2-16/h15-17H,2-14H2,1H3. The van der Waals surface area contributed by atoms with Gasteiger partial charge in [0.1, 0.15) is 0 Å². The van der Waals surface area contributed by atoms with Crippen LogP contribution in [0.5, 0.6) is 0 Å². The Bertz CT molecular complexity index is 218. The maximum Gasteiger partial charge on any atom is 0.0781 e. The van der Waals surface area contributed by atoms with Gasteiger partial charge in [-0.15, -0.1) is 0 Å². The van der Waals surface area contributed by atoms with Gasteiger partial charge >= 0.3 is 0 Å². The molecular formula is C15H32O8. The molecular weight excluding hydrogens is 308 g/mol. The van der Waals surface area contributed by atoms with Gasteiger partial charge in [0, 0.05) is 0 Å². The summed E-state index contributed by atoms with van der Waals surface area (Å²) in [5.74, 6) is 0. The summed E-state index contributed by atoms with van der Waals surface area (Å²) in [6.45, 7) is 7.15. The van der Waals surface area contributed by atoms with Crippen molar-refractivity contribution in [3.05, 3.63) is 0 Å². The first-order valence-electron chi connectivity index (χ1n) is 8.03. The molecule has 0 aliphatic rings. The lowest BCUT2D eigenvalue weighted by Gasteiger charge is -2.14. The van der Waals surface area contributed by atoms with Crippen LogP contribution in [0.2, 0.25) is 0 Å². The van der Waals surface area contributed by atoms with Crippen LogP contribution in [0.15, 0.2) is 0 Å². The van der Waals surface area contributed by atoms with E-state index in [1.807, 2.05) is 6.92 Å². The fraction of sp³-hybridized carbons (Fsp3) is 1.00. The van der Waals surface area contributed by atoms with Gasteiger partial charge < -0.3 is 38.6 Å². The van der Waals surface area contributed by atoms with Crippen LogP contribution in [0.25, 0.3) is 0 Å². The Morgan fingerprint density at radius 3 is 1.43 bits per heavy atom. The second kappa shape index (κ2) is 19.7. The predicted octanol–water partition coefficient (Wildman–Crippen LogP) is -0.541. The predicted molar refractivity (Wildman–Crippen MR) is 83.7 cm³/mol. The highest BCUT2D eigenvalue weighted by Crippen LogP contribution is 1.93. The molecule has 2 N–H and O–H groups in total. The van der Waals surface area contributed by atoms with Crippen molar-refractivity contribution in [2.45, 2.75) is 13.0 Å². The van der Waals surface area contributed by atoms with Gasteiger partial charge in [0.2, 0.25) is 0 Å². The van der Waals surface area contributed by atoms with E-state index < -0.39 is 0 Å². The maximum atomic E-state index is 8.51. The van der Waals surface area contributed by atoms with E-state index in [2.05, 4.69) is 0 Å². The van der Waals surface area contributed by atoms with Crippen molar-refractivity contribution in [1.82, 2.24) is 0 Å². The molecule has 0 aromatic rings. The monoisotopic (exact) mass is 340 g/mol. The molecule has 0 aliphatic heterocycles. The average Bonchev–Trinajstić information content (AvgIpc) is 2.56. The summed E-state index contributed by atoms with van der Waals surface area (Å²) in [5, 5.41) is 17.0. The highest BCUT2D eigenvalue weighted by molar-refractivity contribution is 4.47. The maximum absolute atomic E-state index is 8.51. The van der Waals surface area contributed by atoms with E-state index in [9.17, 15) is 0 Å². The number of hydrogen-bond acceptors (Lipinski definition) is 8. The van der Waals surface area contributed by atoms with Crippen molar-refractivity contribution >= 4 is 0 Å². The second-order valence-electron chi connectivity index (χ2n) is 4.65. The van der Waals surface area contributed by atoms with Crippen LogP contribution in [0, 0.1) is 0 Å². The van der Waals surface area contributed by atoms with Crippen molar-refractivity contribution in [2.75, 3.05) is 85.9 Å². The van der Waals surface area contributed by atoms with Gasteiger partial charge in [0.15, 0.2) is 0 Å². The molecule has 0 saturated carbocycles. The van der Waals surface area contributed by atoms with E-state index in [-0.39, 0.29) is 19.3 Å². The number of hydrogen-bond donors (Lipinski definition) is 2. The molecule has 0 spiro atoms. The normalized spacial score (nSPS) is 12.7.